The smallest absolute Gasteiger partial charge is 0.247 e. The lowest BCUT2D eigenvalue weighted by molar-refractivity contribution is -0.125. The second-order valence-electron chi connectivity index (χ2n) is 17.5. The molecular formula is C52H60N14O6. The summed E-state index contributed by atoms with van der Waals surface area (Å²) in [6.07, 6.45) is 9.00. The van der Waals surface area contributed by atoms with Crippen molar-refractivity contribution in [2.75, 3.05) is 43.9 Å². The van der Waals surface area contributed by atoms with E-state index in [1.54, 1.807) is 41.2 Å². The molecule has 0 bridgehead atoms. The Morgan fingerprint density at radius 2 is 1.61 bits per heavy atom. The van der Waals surface area contributed by atoms with E-state index in [9.17, 15) is 19.5 Å². The molecule has 72 heavy (non-hydrogen) atoms. The van der Waals surface area contributed by atoms with E-state index < -0.39 is 0 Å². The zero-order chi connectivity index (χ0) is 50.1. The standard InChI is InChI=1S/C52H60N14O6/c1-2-24-65(43-19-20-44-38(29-43)4-3-5-45(44)67)25-22-35-10-12-40(13-11-35)61-62-41-16-14-39(15-17-41)58-48(70)31-55-47(69)23-27-71-28-26-66-32-42(63-64-66)18-21-46(68)54-30-36-6-8-37(9-7-36)33-72-51-49-50(57-34-56-49)59-52(53)60-51/h3-17,32,34,43,67H,2,18-31,33H2,1H3,(H,54,68)(H,55,69)(H,58,70)(H3,53,56,57,59,60)/b62-61+. The highest BCUT2D eigenvalue weighted by atomic mass is 16.5. The van der Waals surface area contributed by atoms with Gasteiger partial charge >= 0.3 is 0 Å². The number of imidazole rings is 1. The van der Waals surface area contributed by atoms with Gasteiger partial charge in [-0.2, -0.15) is 20.2 Å². The molecule has 3 aromatic heterocycles. The Morgan fingerprint density at radius 1 is 0.861 bits per heavy atom. The average molecular weight is 977 g/mol. The molecule has 1 unspecified atom stereocenters. The summed E-state index contributed by atoms with van der Waals surface area (Å²) in [6, 6.07) is 29.2. The Labute approximate surface area is 416 Å². The van der Waals surface area contributed by atoms with Crippen LogP contribution >= 0.6 is 0 Å². The van der Waals surface area contributed by atoms with Gasteiger partial charge in [0.1, 0.15) is 12.4 Å². The van der Waals surface area contributed by atoms with Crippen molar-refractivity contribution < 1.29 is 29.0 Å². The van der Waals surface area contributed by atoms with Crippen molar-refractivity contribution in [3.8, 4) is 11.6 Å². The van der Waals surface area contributed by atoms with Crippen molar-refractivity contribution >= 4 is 51.9 Å². The Balaban J connectivity index is 0.650. The van der Waals surface area contributed by atoms with Gasteiger partial charge in [0.25, 0.3) is 0 Å². The maximum atomic E-state index is 12.6. The summed E-state index contributed by atoms with van der Waals surface area (Å²) in [5, 5.41) is 35.6. The molecule has 20 heteroatoms. The van der Waals surface area contributed by atoms with Crippen LogP contribution in [0.5, 0.6) is 11.6 Å². The fourth-order valence-corrected chi connectivity index (χ4v) is 8.39. The number of phenols is 1. The molecule has 1 aliphatic rings. The topological polar surface area (TPSA) is 265 Å². The van der Waals surface area contributed by atoms with Crippen molar-refractivity contribution in [1.82, 2.24) is 50.5 Å². The monoisotopic (exact) mass is 976 g/mol. The summed E-state index contributed by atoms with van der Waals surface area (Å²) in [4.78, 5) is 55.4. The first-order valence-electron chi connectivity index (χ1n) is 24.3. The van der Waals surface area contributed by atoms with E-state index in [2.05, 4.69) is 86.4 Å². The molecule has 1 aliphatic carbocycles. The summed E-state index contributed by atoms with van der Waals surface area (Å²) < 4.78 is 13.1. The zero-order valence-electron chi connectivity index (χ0n) is 40.3. The van der Waals surface area contributed by atoms with Crippen LogP contribution in [-0.2, 0) is 64.5 Å². The van der Waals surface area contributed by atoms with Gasteiger partial charge in [-0.05, 0) is 109 Å². The number of aromatic amines is 1. The molecule has 3 amide bonds. The van der Waals surface area contributed by atoms with E-state index >= 15 is 0 Å². The number of aryl methyl sites for hydroxylation is 1. The Hall–Kier alpha value is -8.10. The molecule has 7 N–H and O–H groups in total. The number of amides is 3. The van der Waals surface area contributed by atoms with E-state index in [0.717, 1.165) is 67.6 Å². The summed E-state index contributed by atoms with van der Waals surface area (Å²) in [6.45, 7) is 5.58. The van der Waals surface area contributed by atoms with Gasteiger partial charge < -0.3 is 41.2 Å². The predicted octanol–water partition coefficient (Wildman–Crippen LogP) is 6.45. The molecule has 0 aliphatic heterocycles. The number of nitrogens with zero attached hydrogens (tertiary/aromatic N) is 9. The SMILES string of the molecule is CCCN(CCc1ccc(/N=N/c2ccc(NC(=O)CNC(=O)CCOCCn3cc(CCC(=O)NCc4ccc(COc5nc(N)nc6[nH]cnc56)cc4)nn3)cc2)cc1)C1CCc2c(O)cccc2C1. The predicted molar refractivity (Wildman–Crippen MR) is 271 cm³/mol. The number of phenolic OH excluding ortho intramolecular Hbond substituents is 1. The summed E-state index contributed by atoms with van der Waals surface area (Å²) in [5.74, 6) is 0.0211. The highest BCUT2D eigenvalue weighted by Gasteiger charge is 2.25. The molecular weight excluding hydrogens is 917 g/mol. The molecule has 1 atom stereocenters. The van der Waals surface area contributed by atoms with Crippen molar-refractivity contribution in [1.29, 1.82) is 0 Å². The number of ether oxygens (including phenoxy) is 2. The number of H-pyrrole nitrogens is 1. The van der Waals surface area contributed by atoms with Gasteiger partial charge in [-0.25, -0.2) is 9.67 Å². The lowest BCUT2D eigenvalue weighted by Crippen LogP contribution is -2.41. The van der Waals surface area contributed by atoms with Crippen molar-refractivity contribution in [3.63, 3.8) is 0 Å². The molecule has 4 aromatic carbocycles. The maximum absolute atomic E-state index is 12.6. The molecule has 0 saturated heterocycles. The minimum absolute atomic E-state index is 0.0859. The number of fused-ring (bicyclic) bond motifs is 2. The summed E-state index contributed by atoms with van der Waals surface area (Å²) in [5.41, 5.74) is 14.9. The third-order valence-electron chi connectivity index (χ3n) is 12.2. The Morgan fingerprint density at radius 3 is 2.40 bits per heavy atom. The normalized spacial score (nSPS) is 13.3. The minimum Gasteiger partial charge on any atom is -0.508 e. The molecule has 3 heterocycles. The molecule has 8 rings (SSSR count). The van der Waals surface area contributed by atoms with Gasteiger partial charge in [0.15, 0.2) is 11.2 Å². The van der Waals surface area contributed by atoms with E-state index in [-0.39, 0.29) is 56.3 Å². The van der Waals surface area contributed by atoms with E-state index in [4.69, 9.17) is 15.2 Å². The van der Waals surface area contributed by atoms with Crippen LogP contribution in [0.15, 0.2) is 114 Å². The number of carbonyl (C=O) groups is 3. The fourth-order valence-electron chi connectivity index (χ4n) is 8.39. The first kappa shape index (κ1) is 50.3. The molecule has 0 radical (unpaired) electrons. The maximum Gasteiger partial charge on any atom is 0.247 e. The number of benzene rings is 4. The van der Waals surface area contributed by atoms with Crippen LogP contribution in [0.2, 0.25) is 0 Å². The van der Waals surface area contributed by atoms with Crippen LogP contribution in [0.4, 0.5) is 23.0 Å². The number of nitrogen functional groups attached to an aromatic ring is 1. The third-order valence-corrected chi connectivity index (χ3v) is 12.2. The van der Waals surface area contributed by atoms with E-state index in [1.165, 1.54) is 17.5 Å². The molecule has 0 fully saturated rings. The fraction of sp³-hybridized carbons (Fsp3) is 0.346. The first-order chi connectivity index (χ1) is 35.1. The Kier molecular flexibility index (Phi) is 17.6. The third kappa shape index (κ3) is 14.7. The second kappa shape index (κ2) is 25.1. The van der Waals surface area contributed by atoms with Gasteiger partial charge in [-0.3, -0.25) is 19.3 Å². The lowest BCUT2D eigenvalue weighted by Gasteiger charge is -2.35. The van der Waals surface area contributed by atoms with Gasteiger partial charge in [-0.15, -0.1) is 5.10 Å². The number of rotatable bonds is 25. The van der Waals surface area contributed by atoms with E-state index in [0.29, 0.717) is 72.0 Å². The highest BCUT2D eigenvalue weighted by Crippen LogP contribution is 2.31. The number of hydrogen-bond donors (Lipinski definition) is 6. The van der Waals surface area contributed by atoms with Crippen LogP contribution < -0.4 is 26.4 Å². The van der Waals surface area contributed by atoms with E-state index in [1.807, 2.05) is 42.5 Å². The minimum atomic E-state index is -0.363. The zero-order valence-corrected chi connectivity index (χ0v) is 40.3. The van der Waals surface area contributed by atoms with Gasteiger partial charge in [-0.1, -0.05) is 60.7 Å². The largest absolute Gasteiger partial charge is 0.508 e. The molecule has 0 saturated carbocycles. The summed E-state index contributed by atoms with van der Waals surface area (Å²) >= 11 is 0. The number of azo groups is 1. The lowest BCUT2D eigenvalue weighted by atomic mass is 9.86. The highest BCUT2D eigenvalue weighted by molar-refractivity contribution is 5.94. The quantitative estimate of drug-likeness (QED) is 0.0266. The summed E-state index contributed by atoms with van der Waals surface area (Å²) in [7, 11) is 0. The van der Waals surface area contributed by atoms with Crippen molar-refractivity contribution in [3.05, 3.63) is 137 Å². The van der Waals surface area contributed by atoms with Crippen LogP contribution in [0.1, 0.15) is 66.1 Å². The van der Waals surface area contributed by atoms with Crippen LogP contribution in [0.25, 0.3) is 11.2 Å². The Bertz CT molecular complexity index is 2920. The molecule has 20 nitrogen and oxygen atoms in total. The van der Waals surface area contributed by atoms with Gasteiger partial charge in [0.2, 0.25) is 29.5 Å². The second-order valence-corrected chi connectivity index (χ2v) is 17.5. The number of nitrogens with one attached hydrogen (secondary N) is 4. The number of carbonyl (C=O) groups excluding carboxylic acids is 3. The number of hydrogen-bond acceptors (Lipinski definition) is 15. The number of aromatic hydroxyl groups is 1. The number of nitrogens with two attached hydrogens (primary N) is 1. The van der Waals surface area contributed by atoms with Crippen molar-refractivity contribution in [2.45, 2.75) is 84.0 Å². The van der Waals surface area contributed by atoms with Crippen LogP contribution in [0.3, 0.4) is 0 Å². The first-order valence-corrected chi connectivity index (χ1v) is 24.3. The number of anilines is 2. The number of aromatic nitrogens is 7. The molecule has 7 aromatic rings. The van der Waals surface area contributed by atoms with Gasteiger partial charge in [0, 0.05) is 50.3 Å². The molecule has 0 spiro atoms. The average Bonchev–Trinajstić information content (AvgIpc) is 4.07. The van der Waals surface area contributed by atoms with Crippen molar-refractivity contribution in [2.24, 2.45) is 10.2 Å². The van der Waals surface area contributed by atoms with Gasteiger partial charge in [0.05, 0.1) is 49.7 Å². The van der Waals surface area contributed by atoms with Crippen LogP contribution in [0, 0.1) is 0 Å². The molecule has 374 valence electrons. The van der Waals surface area contributed by atoms with Crippen LogP contribution in [-0.4, -0.2) is 102 Å².